The molecule has 0 N–H and O–H groups in total. The number of fused-ring (bicyclic) bond motifs is 3. The van der Waals surface area contributed by atoms with Gasteiger partial charge < -0.3 is 9.47 Å². The van der Waals surface area contributed by atoms with Gasteiger partial charge in [0, 0.05) is 23.1 Å². The fourth-order valence-electron chi connectivity index (χ4n) is 4.98. The van der Waals surface area contributed by atoms with E-state index in [1.165, 1.54) is 35.3 Å². The Morgan fingerprint density at radius 2 is 1.97 bits per heavy atom. The zero-order valence-corrected chi connectivity index (χ0v) is 21.3. The van der Waals surface area contributed by atoms with E-state index in [9.17, 15) is 4.79 Å². The lowest BCUT2D eigenvalue weighted by Crippen LogP contribution is -2.31. The van der Waals surface area contributed by atoms with Crippen LogP contribution in [0.5, 0.6) is 5.75 Å². The molecule has 0 radical (unpaired) electrons. The third-order valence-electron chi connectivity index (χ3n) is 6.95. The summed E-state index contributed by atoms with van der Waals surface area (Å²) < 4.78 is 13.4. The molecule has 7 heteroatoms. The maximum Gasteiger partial charge on any atom is 0.263 e. The zero-order valence-electron chi connectivity index (χ0n) is 19.6. The number of rotatable bonds is 6. The van der Waals surface area contributed by atoms with Gasteiger partial charge in [0.05, 0.1) is 25.2 Å². The van der Waals surface area contributed by atoms with Gasteiger partial charge >= 0.3 is 0 Å². The average Bonchev–Trinajstić information content (AvgIpc) is 3.21. The van der Waals surface area contributed by atoms with Crippen LogP contribution in [0, 0.1) is 5.92 Å². The summed E-state index contributed by atoms with van der Waals surface area (Å²) in [6, 6.07) is 8.39. The molecule has 0 amide bonds. The SMILES string of the molecule is COc1ccc(CSc2nc3sc4c(c3c(=O)n2C2CCCCC2)C[C@@H](C(C)C)OC4)cc1. The van der Waals surface area contributed by atoms with Crippen molar-refractivity contribution in [2.24, 2.45) is 5.92 Å². The van der Waals surface area contributed by atoms with Crippen molar-refractivity contribution in [3.63, 3.8) is 0 Å². The number of thiophene rings is 1. The second-order valence-electron chi connectivity index (χ2n) is 9.48. The topological polar surface area (TPSA) is 53.3 Å². The molecule has 3 heterocycles. The van der Waals surface area contributed by atoms with Gasteiger partial charge in [-0.05, 0) is 42.0 Å². The number of hydrogen-bond donors (Lipinski definition) is 0. The van der Waals surface area contributed by atoms with E-state index in [-0.39, 0.29) is 17.7 Å². The molecular weight excluding hydrogens is 452 g/mol. The number of methoxy groups -OCH3 is 1. The standard InChI is InChI=1S/C26H32N2O3S2/c1-16(2)21-13-20-22(14-31-21)33-24-23(20)25(29)28(18-7-5-4-6-8-18)26(27-24)32-15-17-9-11-19(30-3)12-10-17/h9-12,16,18,21H,4-8,13-15H2,1-3H3/t21-/m0/s1. The minimum atomic E-state index is 0.158. The van der Waals surface area contributed by atoms with Crippen LogP contribution in [0.2, 0.25) is 0 Å². The predicted molar refractivity (Wildman–Crippen MR) is 136 cm³/mol. The van der Waals surface area contributed by atoms with Crippen molar-refractivity contribution >= 4 is 33.3 Å². The molecule has 5 rings (SSSR count). The van der Waals surface area contributed by atoms with Crippen LogP contribution in [-0.2, 0) is 23.5 Å². The first-order valence-corrected chi connectivity index (χ1v) is 13.8. The fourth-order valence-corrected chi connectivity index (χ4v) is 7.17. The van der Waals surface area contributed by atoms with Crippen molar-refractivity contribution < 1.29 is 9.47 Å². The first-order chi connectivity index (χ1) is 16.0. The maximum absolute atomic E-state index is 14.0. The Kier molecular flexibility index (Phi) is 6.81. The second-order valence-corrected chi connectivity index (χ2v) is 11.5. The molecule has 0 unspecified atom stereocenters. The largest absolute Gasteiger partial charge is 0.497 e. The Morgan fingerprint density at radius 3 is 2.67 bits per heavy atom. The second kappa shape index (κ2) is 9.80. The van der Waals surface area contributed by atoms with Crippen molar-refractivity contribution in [1.29, 1.82) is 0 Å². The Morgan fingerprint density at radius 1 is 1.21 bits per heavy atom. The van der Waals surface area contributed by atoms with E-state index in [2.05, 4.69) is 26.0 Å². The minimum absolute atomic E-state index is 0.158. The number of ether oxygens (including phenoxy) is 2. The number of hydrogen-bond acceptors (Lipinski definition) is 6. The quantitative estimate of drug-likeness (QED) is 0.301. The summed E-state index contributed by atoms with van der Waals surface area (Å²) in [5.41, 5.74) is 2.55. The lowest BCUT2D eigenvalue weighted by atomic mass is 9.94. The van der Waals surface area contributed by atoms with Gasteiger partial charge in [-0.1, -0.05) is 57.0 Å². The highest BCUT2D eigenvalue weighted by atomic mass is 32.2. The normalized spacial score (nSPS) is 19.2. The highest BCUT2D eigenvalue weighted by Crippen LogP contribution is 2.38. The van der Waals surface area contributed by atoms with Crippen LogP contribution in [0.3, 0.4) is 0 Å². The number of thioether (sulfide) groups is 1. The van der Waals surface area contributed by atoms with Crippen LogP contribution < -0.4 is 10.3 Å². The summed E-state index contributed by atoms with van der Waals surface area (Å²) in [5, 5.41) is 1.71. The molecule has 176 valence electrons. The van der Waals surface area contributed by atoms with Crippen LogP contribution >= 0.6 is 23.1 Å². The van der Waals surface area contributed by atoms with Crippen molar-refractivity contribution in [3.8, 4) is 5.75 Å². The molecule has 2 aliphatic rings. The summed E-state index contributed by atoms with van der Waals surface area (Å²) in [6.45, 7) is 4.98. The van der Waals surface area contributed by atoms with Gasteiger partial charge in [-0.3, -0.25) is 9.36 Å². The predicted octanol–water partition coefficient (Wildman–Crippen LogP) is 6.36. The van der Waals surface area contributed by atoms with E-state index in [4.69, 9.17) is 14.5 Å². The third-order valence-corrected chi connectivity index (χ3v) is 9.08. The maximum atomic E-state index is 14.0. The Labute approximate surface area is 203 Å². The molecule has 0 bridgehead atoms. The monoisotopic (exact) mass is 484 g/mol. The summed E-state index contributed by atoms with van der Waals surface area (Å²) in [5.74, 6) is 2.06. The molecule has 3 aromatic rings. The number of nitrogens with zero attached hydrogens (tertiary/aromatic N) is 2. The summed E-state index contributed by atoms with van der Waals surface area (Å²) >= 11 is 3.32. The van der Waals surface area contributed by atoms with E-state index < -0.39 is 0 Å². The fraction of sp³-hybridized carbons (Fsp3) is 0.538. The molecule has 2 aromatic heterocycles. The zero-order chi connectivity index (χ0) is 22.9. The molecule has 0 saturated heterocycles. The molecule has 1 aliphatic carbocycles. The van der Waals surface area contributed by atoms with Gasteiger partial charge in [0.1, 0.15) is 10.6 Å². The smallest absolute Gasteiger partial charge is 0.263 e. The van der Waals surface area contributed by atoms with Crippen LogP contribution in [0.15, 0.2) is 34.2 Å². The Hall–Kier alpha value is -1.83. The van der Waals surface area contributed by atoms with Gasteiger partial charge in [0.25, 0.3) is 5.56 Å². The van der Waals surface area contributed by atoms with Crippen molar-refractivity contribution in [2.75, 3.05) is 7.11 Å². The van der Waals surface area contributed by atoms with Gasteiger partial charge in [0.15, 0.2) is 5.16 Å². The molecule has 1 aliphatic heterocycles. The lowest BCUT2D eigenvalue weighted by molar-refractivity contribution is 0.00200. The molecule has 1 aromatic carbocycles. The summed E-state index contributed by atoms with van der Waals surface area (Å²) in [7, 11) is 1.68. The summed E-state index contributed by atoms with van der Waals surface area (Å²) in [4.78, 5) is 21.2. The van der Waals surface area contributed by atoms with E-state index >= 15 is 0 Å². The number of aromatic nitrogens is 2. The Balaban J connectivity index is 1.55. The van der Waals surface area contributed by atoms with E-state index in [1.54, 1.807) is 30.2 Å². The average molecular weight is 485 g/mol. The van der Waals surface area contributed by atoms with Crippen molar-refractivity contribution in [3.05, 3.63) is 50.6 Å². The van der Waals surface area contributed by atoms with Gasteiger partial charge in [-0.15, -0.1) is 11.3 Å². The molecule has 0 spiro atoms. The van der Waals surface area contributed by atoms with Crippen LogP contribution in [0.1, 0.15) is 68.0 Å². The Bertz CT molecular complexity index is 1180. The number of benzene rings is 1. The first-order valence-electron chi connectivity index (χ1n) is 12.0. The van der Waals surface area contributed by atoms with Crippen LogP contribution in [0.25, 0.3) is 10.2 Å². The van der Waals surface area contributed by atoms with E-state index in [0.717, 1.165) is 46.1 Å². The van der Waals surface area contributed by atoms with Crippen molar-refractivity contribution in [1.82, 2.24) is 9.55 Å². The molecule has 5 nitrogen and oxygen atoms in total. The lowest BCUT2D eigenvalue weighted by Gasteiger charge is -2.27. The van der Waals surface area contributed by atoms with Gasteiger partial charge in [-0.25, -0.2) is 4.98 Å². The molecule has 33 heavy (non-hydrogen) atoms. The van der Waals surface area contributed by atoms with Crippen LogP contribution in [0.4, 0.5) is 0 Å². The van der Waals surface area contributed by atoms with E-state index in [1.807, 2.05) is 16.7 Å². The third kappa shape index (κ3) is 4.60. The minimum Gasteiger partial charge on any atom is -0.497 e. The molecule has 1 saturated carbocycles. The first kappa shape index (κ1) is 22.9. The molecule has 1 fully saturated rings. The molecular formula is C26H32N2O3S2. The van der Waals surface area contributed by atoms with Crippen molar-refractivity contribution in [2.45, 2.75) is 82.0 Å². The van der Waals surface area contributed by atoms with E-state index in [0.29, 0.717) is 12.5 Å². The highest BCUT2D eigenvalue weighted by molar-refractivity contribution is 7.98. The van der Waals surface area contributed by atoms with Gasteiger partial charge in [-0.2, -0.15) is 0 Å². The highest BCUT2D eigenvalue weighted by Gasteiger charge is 2.30. The van der Waals surface area contributed by atoms with Gasteiger partial charge in [0.2, 0.25) is 0 Å². The molecule has 1 atom stereocenters. The summed E-state index contributed by atoms with van der Waals surface area (Å²) in [6.07, 6.45) is 6.73. The van der Waals surface area contributed by atoms with Crippen LogP contribution in [-0.4, -0.2) is 22.8 Å².